The van der Waals surface area contributed by atoms with Crippen LogP contribution in [-0.2, 0) is 5.41 Å². The molecule has 2 nitrogen and oxygen atoms in total. The smallest absolute Gasteiger partial charge is 0.0797 e. The Kier molecular flexibility index (Phi) is 3.60. The lowest BCUT2D eigenvalue weighted by Crippen LogP contribution is -2.13. The Morgan fingerprint density at radius 3 is 2.33 bits per heavy atom. The van der Waals surface area contributed by atoms with Crippen molar-refractivity contribution in [3.8, 4) is 21.6 Å². The Morgan fingerprint density at radius 1 is 0.952 bits per heavy atom. The van der Waals surface area contributed by atoms with Gasteiger partial charge in [0.15, 0.2) is 0 Å². The van der Waals surface area contributed by atoms with Gasteiger partial charge in [-0.25, -0.2) is 0 Å². The molecule has 3 aromatic rings. The molecule has 2 aromatic heterocycles. The molecule has 0 aliphatic carbocycles. The third-order valence-corrected chi connectivity index (χ3v) is 4.26. The predicted octanol–water partition coefficient (Wildman–Crippen LogP) is 5.17. The fourth-order valence-corrected chi connectivity index (χ4v) is 2.91. The van der Waals surface area contributed by atoms with E-state index >= 15 is 0 Å². The van der Waals surface area contributed by atoms with Crippen LogP contribution in [0.25, 0.3) is 21.6 Å². The Bertz CT molecular complexity index is 726. The Balaban J connectivity index is 2.22. The summed E-state index contributed by atoms with van der Waals surface area (Å²) in [6, 6.07) is 12.7. The molecular formula is C18H18N2S. The molecule has 0 fully saturated rings. The largest absolute Gasteiger partial charge is 0.260 e. The third kappa shape index (κ3) is 2.88. The highest BCUT2D eigenvalue weighted by atomic mass is 32.1. The molecule has 0 atom stereocenters. The van der Waals surface area contributed by atoms with Gasteiger partial charge < -0.3 is 0 Å². The summed E-state index contributed by atoms with van der Waals surface area (Å²) < 4.78 is 0. The maximum absolute atomic E-state index is 4.67. The summed E-state index contributed by atoms with van der Waals surface area (Å²) in [6.45, 7) is 6.57. The molecule has 0 saturated carbocycles. The minimum absolute atomic E-state index is 0.0375. The summed E-state index contributed by atoms with van der Waals surface area (Å²) in [4.78, 5) is 10.0. The third-order valence-electron chi connectivity index (χ3n) is 3.45. The number of rotatable bonds is 2. The summed E-state index contributed by atoms with van der Waals surface area (Å²) in [7, 11) is 0. The minimum Gasteiger partial charge on any atom is -0.260 e. The van der Waals surface area contributed by atoms with E-state index in [1.54, 1.807) is 11.3 Å². The van der Waals surface area contributed by atoms with Crippen LogP contribution in [0.3, 0.4) is 0 Å². The zero-order chi connectivity index (χ0) is 14.9. The van der Waals surface area contributed by atoms with Crippen LogP contribution in [-0.4, -0.2) is 9.97 Å². The fraction of sp³-hybridized carbons (Fsp3) is 0.222. The van der Waals surface area contributed by atoms with Crippen LogP contribution < -0.4 is 0 Å². The van der Waals surface area contributed by atoms with Gasteiger partial charge in [-0.2, -0.15) is 0 Å². The second kappa shape index (κ2) is 5.41. The fourth-order valence-electron chi connectivity index (χ4n) is 2.27. The van der Waals surface area contributed by atoms with Gasteiger partial charge in [-0.1, -0.05) is 51.1 Å². The highest BCUT2D eigenvalue weighted by Crippen LogP contribution is 2.35. The Morgan fingerprint density at radius 2 is 1.71 bits per heavy atom. The number of nitrogens with zero attached hydrogens (tertiary/aromatic N) is 2. The van der Waals surface area contributed by atoms with E-state index in [4.69, 9.17) is 0 Å². The van der Waals surface area contributed by atoms with Crippen molar-refractivity contribution in [3.05, 3.63) is 60.0 Å². The van der Waals surface area contributed by atoms with Gasteiger partial charge in [-0.15, -0.1) is 11.3 Å². The molecular weight excluding hydrogens is 276 g/mol. The van der Waals surface area contributed by atoms with E-state index in [0.717, 1.165) is 16.1 Å². The van der Waals surface area contributed by atoms with Crippen molar-refractivity contribution < 1.29 is 0 Å². The lowest BCUT2D eigenvalue weighted by molar-refractivity contribution is 0.569. The number of pyridine rings is 1. The first-order valence-corrected chi connectivity index (χ1v) is 7.88. The first kappa shape index (κ1) is 14.0. The molecule has 2 heterocycles. The molecule has 0 amide bonds. The van der Waals surface area contributed by atoms with Crippen LogP contribution in [0.15, 0.2) is 54.3 Å². The van der Waals surface area contributed by atoms with E-state index in [0.29, 0.717) is 0 Å². The quantitative estimate of drug-likeness (QED) is 0.651. The SMILES string of the molecule is CC(C)(C)c1cc(-c2ccccc2)c(-c2cncs2)cn1. The number of aromatic nitrogens is 2. The minimum atomic E-state index is 0.0375. The zero-order valence-corrected chi connectivity index (χ0v) is 13.3. The second-order valence-electron chi connectivity index (χ2n) is 6.10. The van der Waals surface area contributed by atoms with Crippen molar-refractivity contribution >= 4 is 11.3 Å². The highest BCUT2D eigenvalue weighted by molar-refractivity contribution is 7.13. The summed E-state index contributed by atoms with van der Waals surface area (Å²) in [5.74, 6) is 0. The van der Waals surface area contributed by atoms with Gasteiger partial charge in [0.1, 0.15) is 0 Å². The molecule has 0 spiro atoms. The molecule has 1 aromatic carbocycles. The van der Waals surface area contributed by atoms with Crippen LogP contribution in [0.5, 0.6) is 0 Å². The van der Waals surface area contributed by atoms with Crippen LogP contribution in [0.2, 0.25) is 0 Å². The van der Waals surface area contributed by atoms with E-state index in [9.17, 15) is 0 Å². The predicted molar refractivity (Wildman–Crippen MR) is 89.5 cm³/mol. The van der Waals surface area contributed by atoms with Crippen LogP contribution in [0.1, 0.15) is 26.5 Å². The van der Waals surface area contributed by atoms with E-state index in [1.807, 2.05) is 24.0 Å². The lowest BCUT2D eigenvalue weighted by atomic mass is 9.88. The normalized spacial score (nSPS) is 11.6. The van der Waals surface area contributed by atoms with Gasteiger partial charge in [0.25, 0.3) is 0 Å². The number of thiazole rings is 1. The van der Waals surface area contributed by atoms with Gasteiger partial charge in [0.2, 0.25) is 0 Å². The first-order chi connectivity index (χ1) is 10.1. The van der Waals surface area contributed by atoms with Crippen molar-refractivity contribution in [1.82, 2.24) is 9.97 Å². The van der Waals surface area contributed by atoms with Crippen LogP contribution >= 0.6 is 11.3 Å². The van der Waals surface area contributed by atoms with Crippen molar-refractivity contribution in [3.63, 3.8) is 0 Å². The summed E-state index contributed by atoms with van der Waals surface area (Å²) >= 11 is 1.65. The Hall–Kier alpha value is -2.00. The average molecular weight is 294 g/mol. The summed E-state index contributed by atoms with van der Waals surface area (Å²) in [5.41, 5.74) is 6.59. The maximum atomic E-state index is 4.67. The lowest BCUT2D eigenvalue weighted by Gasteiger charge is -2.20. The standard InChI is InChI=1S/C18H18N2S/c1-18(2,3)17-9-14(13-7-5-4-6-8-13)15(10-20-17)16-11-19-12-21-16/h4-12H,1-3H3. The van der Waals surface area contributed by atoms with E-state index in [1.165, 1.54) is 11.1 Å². The molecule has 0 radical (unpaired) electrons. The molecule has 106 valence electrons. The van der Waals surface area contributed by atoms with Crippen molar-refractivity contribution in [1.29, 1.82) is 0 Å². The monoisotopic (exact) mass is 294 g/mol. The Labute approximate surface area is 129 Å². The summed E-state index contributed by atoms with van der Waals surface area (Å²) in [6.07, 6.45) is 3.89. The first-order valence-electron chi connectivity index (χ1n) is 7.00. The summed E-state index contributed by atoms with van der Waals surface area (Å²) in [5, 5.41) is 0. The number of hydrogen-bond acceptors (Lipinski definition) is 3. The number of hydrogen-bond donors (Lipinski definition) is 0. The van der Waals surface area contributed by atoms with Gasteiger partial charge in [0, 0.05) is 29.1 Å². The van der Waals surface area contributed by atoms with Crippen LogP contribution in [0.4, 0.5) is 0 Å². The van der Waals surface area contributed by atoms with Crippen molar-refractivity contribution in [2.45, 2.75) is 26.2 Å². The highest BCUT2D eigenvalue weighted by Gasteiger charge is 2.18. The molecule has 0 bridgehead atoms. The van der Waals surface area contributed by atoms with Gasteiger partial charge >= 0.3 is 0 Å². The second-order valence-corrected chi connectivity index (χ2v) is 6.98. The molecule has 0 aliphatic heterocycles. The number of benzene rings is 1. The molecule has 0 aliphatic rings. The van der Waals surface area contributed by atoms with Gasteiger partial charge in [0.05, 0.1) is 10.4 Å². The van der Waals surface area contributed by atoms with E-state index < -0.39 is 0 Å². The van der Waals surface area contributed by atoms with E-state index in [-0.39, 0.29) is 5.41 Å². The molecule has 3 heteroatoms. The van der Waals surface area contributed by atoms with Gasteiger partial charge in [-0.05, 0) is 17.2 Å². The van der Waals surface area contributed by atoms with E-state index in [2.05, 4.69) is 61.1 Å². The van der Waals surface area contributed by atoms with Crippen molar-refractivity contribution in [2.75, 3.05) is 0 Å². The molecule has 3 rings (SSSR count). The topological polar surface area (TPSA) is 25.8 Å². The molecule has 21 heavy (non-hydrogen) atoms. The maximum Gasteiger partial charge on any atom is 0.0797 e. The molecule has 0 N–H and O–H groups in total. The average Bonchev–Trinajstić information content (AvgIpc) is 3.01. The molecule has 0 unspecified atom stereocenters. The van der Waals surface area contributed by atoms with Crippen LogP contribution in [0, 0.1) is 0 Å². The molecule has 0 saturated heterocycles. The van der Waals surface area contributed by atoms with Gasteiger partial charge in [-0.3, -0.25) is 9.97 Å². The zero-order valence-electron chi connectivity index (χ0n) is 12.5. The van der Waals surface area contributed by atoms with Crippen molar-refractivity contribution in [2.24, 2.45) is 0 Å².